The van der Waals surface area contributed by atoms with Gasteiger partial charge in [-0.25, -0.2) is 18.1 Å². The SMILES string of the molecule is O=C(N[C@@H]1CCNC1)c1cccc(S(=O)(=O)NCCCn2cncn2)c1. The van der Waals surface area contributed by atoms with E-state index in [1.807, 2.05) is 0 Å². The Morgan fingerprint density at radius 2 is 2.27 bits per heavy atom. The molecule has 0 radical (unpaired) electrons. The van der Waals surface area contributed by atoms with Gasteiger partial charge < -0.3 is 10.6 Å². The predicted octanol–water partition coefficient (Wildman–Crippen LogP) is -0.262. The summed E-state index contributed by atoms with van der Waals surface area (Å²) >= 11 is 0. The lowest BCUT2D eigenvalue weighted by atomic mass is 10.2. The molecule has 0 unspecified atom stereocenters. The van der Waals surface area contributed by atoms with Crippen LogP contribution in [-0.2, 0) is 16.6 Å². The molecule has 1 aromatic heterocycles. The minimum Gasteiger partial charge on any atom is -0.348 e. The Balaban J connectivity index is 1.57. The molecule has 1 fully saturated rings. The van der Waals surface area contributed by atoms with Crippen LogP contribution in [0.1, 0.15) is 23.2 Å². The molecule has 3 rings (SSSR count). The lowest BCUT2D eigenvalue weighted by molar-refractivity contribution is 0.0940. The molecule has 2 aromatic rings. The monoisotopic (exact) mass is 378 g/mol. The Hall–Kier alpha value is -2.30. The van der Waals surface area contributed by atoms with E-state index >= 15 is 0 Å². The molecule has 0 spiro atoms. The first-order chi connectivity index (χ1) is 12.5. The molecule has 3 N–H and O–H groups in total. The third kappa shape index (κ3) is 4.87. The third-order valence-electron chi connectivity index (χ3n) is 4.12. The van der Waals surface area contributed by atoms with Crippen LogP contribution in [0.5, 0.6) is 0 Å². The van der Waals surface area contributed by atoms with Crippen LogP contribution in [0.25, 0.3) is 0 Å². The summed E-state index contributed by atoms with van der Waals surface area (Å²) in [6, 6.07) is 6.15. The van der Waals surface area contributed by atoms with E-state index in [1.54, 1.807) is 23.1 Å². The number of rotatable bonds is 8. The minimum atomic E-state index is -3.67. The fourth-order valence-electron chi connectivity index (χ4n) is 2.73. The van der Waals surface area contributed by atoms with Crippen LogP contribution in [-0.4, -0.2) is 54.8 Å². The minimum absolute atomic E-state index is 0.0791. The van der Waals surface area contributed by atoms with E-state index in [-0.39, 0.29) is 23.4 Å². The first-order valence-electron chi connectivity index (χ1n) is 8.48. The van der Waals surface area contributed by atoms with Crippen molar-refractivity contribution in [2.24, 2.45) is 0 Å². The molecule has 26 heavy (non-hydrogen) atoms. The molecule has 1 aliphatic heterocycles. The summed E-state index contributed by atoms with van der Waals surface area (Å²) in [5, 5.41) is 10.0. The number of carbonyl (C=O) groups excluding carboxylic acids is 1. The molecule has 9 nitrogen and oxygen atoms in total. The normalized spacial score (nSPS) is 17.3. The Bertz CT molecular complexity index is 831. The quantitative estimate of drug-likeness (QED) is 0.545. The number of nitrogens with one attached hydrogen (secondary N) is 3. The van der Waals surface area contributed by atoms with Crippen molar-refractivity contribution in [3.05, 3.63) is 42.5 Å². The number of aromatic nitrogens is 3. The summed E-state index contributed by atoms with van der Waals surface area (Å²) in [6.45, 7) is 2.45. The van der Waals surface area contributed by atoms with Gasteiger partial charge in [-0.15, -0.1) is 0 Å². The van der Waals surface area contributed by atoms with Crippen molar-refractivity contribution < 1.29 is 13.2 Å². The van der Waals surface area contributed by atoms with Crippen molar-refractivity contribution in [3.8, 4) is 0 Å². The summed E-state index contributed by atoms with van der Waals surface area (Å²) in [5.74, 6) is -0.262. The van der Waals surface area contributed by atoms with Gasteiger partial charge >= 0.3 is 0 Å². The molecule has 10 heteroatoms. The number of sulfonamides is 1. The van der Waals surface area contributed by atoms with Crippen LogP contribution >= 0.6 is 0 Å². The highest BCUT2D eigenvalue weighted by Crippen LogP contribution is 2.12. The van der Waals surface area contributed by atoms with Gasteiger partial charge in [0.25, 0.3) is 5.91 Å². The van der Waals surface area contributed by atoms with Crippen molar-refractivity contribution in [2.75, 3.05) is 19.6 Å². The zero-order valence-corrected chi connectivity index (χ0v) is 15.1. The fourth-order valence-corrected chi connectivity index (χ4v) is 3.85. The molecule has 1 amide bonds. The maximum absolute atomic E-state index is 12.4. The third-order valence-corrected chi connectivity index (χ3v) is 5.58. The van der Waals surface area contributed by atoms with Gasteiger partial charge in [0.05, 0.1) is 4.90 Å². The van der Waals surface area contributed by atoms with Gasteiger partial charge in [-0.3, -0.25) is 9.48 Å². The van der Waals surface area contributed by atoms with Gasteiger partial charge in [0.15, 0.2) is 0 Å². The van der Waals surface area contributed by atoms with E-state index in [2.05, 4.69) is 25.4 Å². The van der Waals surface area contributed by atoms with Crippen LogP contribution in [0.4, 0.5) is 0 Å². The molecule has 0 bridgehead atoms. The molecule has 1 atom stereocenters. The van der Waals surface area contributed by atoms with Crippen LogP contribution in [0.2, 0.25) is 0 Å². The molecule has 0 aliphatic carbocycles. The smallest absolute Gasteiger partial charge is 0.251 e. The van der Waals surface area contributed by atoms with Gasteiger partial charge in [0.2, 0.25) is 10.0 Å². The zero-order valence-electron chi connectivity index (χ0n) is 14.3. The average Bonchev–Trinajstić information content (AvgIpc) is 3.33. The average molecular weight is 378 g/mol. The number of hydrogen-bond donors (Lipinski definition) is 3. The van der Waals surface area contributed by atoms with Gasteiger partial charge in [-0.2, -0.15) is 5.10 Å². The molecule has 0 saturated carbocycles. The standard InChI is InChI=1S/C16H22N6O3S/c23-16(21-14-5-7-17-10-14)13-3-1-4-15(9-13)26(24,25)20-6-2-8-22-12-18-11-19-22/h1,3-4,9,11-12,14,17,20H,2,5-8,10H2,(H,21,23)/t14-/m1/s1. The first kappa shape index (κ1) is 18.5. The second-order valence-corrected chi connectivity index (χ2v) is 7.87. The van der Waals surface area contributed by atoms with E-state index in [0.29, 0.717) is 18.5 Å². The summed E-state index contributed by atoms with van der Waals surface area (Å²) in [5.41, 5.74) is 0.336. The molecule has 1 saturated heterocycles. The van der Waals surface area contributed by atoms with Crippen LogP contribution in [0.3, 0.4) is 0 Å². The van der Waals surface area contributed by atoms with E-state index in [4.69, 9.17) is 0 Å². The maximum Gasteiger partial charge on any atom is 0.251 e. The van der Waals surface area contributed by atoms with E-state index < -0.39 is 10.0 Å². The Morgan fingerprint density at radius 3 is 3.00 bits per heavy atom. The van der Waals surface area contributed by atoms with Crippen molar-refractivity contribution >= 4 is 15.9 Å². The lowest BCUT2D eigenvalue weighted by Gasteiger charge is -2.12. The fraction of sp³-hybridized carbons (Fsp3) is 0.438. The van der Waals surface area contributed by atoms with Crippen molar-refractivity contribution in [1.29, 1.82) is 0 Å². The molecule has 1 aliphatic rings. The van der Waals surface area contributed by atoms with Crippen LogP contribution in [0, 0.1) is 0 Å². The van der Waals surface area contributed by atoms with E-state index in [9.17, 15) is 13.2 Å². The summed E-state index contributed by atoms with van der Waals surface area (Å²) in [7, 11) is -3.67. The number of aryl methyl sites for hydroxylation is 1. The van der Waals surface area contributed by atoms with Gasteiger partial charge in [0, 0.05) is 31.2 Å². The van der Waals surface area contributed by atoms with Gasteiger partial charge in [0.1, 0.15) is 12.7 Å². The van der Waals surface area contributed by atoms with Gasteiger partial charge in [-0.1, -0.05) is 6.07 Å². The lowest BCUT2D eigenvalue weighted by Crippen LogP contribution is -2.36. The maximum atomic E-state index is 12.4. The van der Waals surface area contributed by atoms with Crippen LogP contribution < -0.4 is 15.4 Å². The zero-order chi connectivity index (χ0) is 18.4. The number of carbonyl (C=O) groups is 1. The second kappa shape index (κ2) is 8.39. The second-order valence-electron chi connectivity index (χ2n) is 6.10. The molecular formula is C16H22N6O3S. The summed E-state index contributed by atoms with van der Waals surface area (Å²) in [6.07, 6.45) is 4.47. The Kier molecular flexibility index (Phi) is 5.96. The van der Waals surface area contributed by atoms with Crippen molar-refractivity contribution in [2.45, 2.75) is 30.3 Å². The number of hydrogen-bond acceptors (Lipinski definition) is 6. The highest BCUT2D eigenvalue weighted by Gasteiger charge is 2.19. The van der Waals surface area contributed by atoms with Crippen molar-refractivity contribution in [3.63, 3.8) is 0 Å². The molecular weight excluding hydrogens is 356 g/mol. The Labute approximate surface area is 152 Å². The summed E-state index contributed by atoms with van der Waals surface area (Å²) in [4.78, 5) is 16.2. The molecule has 2 heterocycles. The number of amides is 1. The molecule has 140 valence electrons. The molecule has 1 aromatic carbocycles. The Morgan fingerprint density at radius 1 is 1.38 bits per heavy atom. The van der Waals surface area contributed by atoms with Gasteiger partial charge in [-0.05, 0) is 37.6 Å². The van der Waals surface area contributed by atoms with E-state index in [0.717, 1.165) is 19.5 Å². The predicted molar refractivity (Wildman–Crippen MR) is 95.0 cm³/mol. The van der Waals surface area contributed by atoms with E-state index in [1.165, 1.54) is 18.5 Å². The highest BCUT2D eigenvalue weighted by atomic mass is 32.2. The largest absolute Gasteiger partial charge is 0.348 e. The highest BCUT2D eigenvalue weighted by molar-refractivity contribution is 7.89. The number of nitrogens with zero attached hydrogens (tertiary/aromatic N) is 3. The first-order valence-corrected chi connectivity index (χ1v) is 9.97. The number of benzene rings is 1. The summed E-state index contributed by atoms with van der Waals surface area (Å²) < 4.78 is 29.0. The van der Waals surface area contributed by atoms with Crippen molar-refractivity contribution in [1.82, 2.24) is 30.1 Å². The topological polar surface area (TPSA) is 118 Å². The van der Waals surface area contributed by atoms with Crippen LogP contribution in [0.15, 0.2) is 41.8 Å².